The Morgan fingerprint density at radius 1 is 0.309 bits per heavy atom. The summed E-state index contributed by atoms with van der Waals surface area (Å²) >= 11 is 0. The highest BCUT2D eigenvalue weighted by Crippen LogP contribution is 2.45. The van der Waals surface area contributed by atoms with Crippen LogP contribution in [0.4, 0.5) is 0 Å². The minimum absolute atomic E-state index is 0.103. The van der Waals surface area contributed by atoms with Gasteiger partial charge in [-0.25, -0.2) is 9.13 Å². The van der Waals surface area contributed by atoms with Gasteiger partial charge in [-0.2, -0.15) is 0 Å². The number of carbonyl (C=O) groups is 4. The first-order chi connectivity index (χ1) is 45.3. The molecular formula is C75H146O17P2. The number of hydrogen-bond donors (Lipinski definition) is 3. The Kier molecular flexibility index (Phi) is 64.3. The summed E-state index contributed by atoms with van der Waals surface area (Å²) in [5, 5.41) is 10.6. The third-order valence-corrected chi connectivity index (χ3v) is 20.0. The predicted molar refractivity (Wildman–Crippen MR) is 381 cm³/mol. The standard InChI is InChI=1S/C75H146O17P2/c1-8-11-12-13-14-34-42-49-56-72(77)85-63-71(92-75(80)59-52-45-38-37-41-48-55-68(7)10-3)65-90-94(83,84)88-61-69(76)60-87-93(81,82)89-64-70(62-86-73(78)57-50-43-35-30-27-23-24-28-32-39-46-53-66(4)5)91-74(79)58-51-44-36-31-26-22-20-18-16-15-17-19-21-25-29-33-40-47-54-67(6)9-2/h66-71,76H,8-65H2,1-7H3,(H,81,82)(H,83,84)/t67?,68?,69-,70-,71-/m1/s1. The number of aliphatic hydroxyl groups excluding tert-OH is 1. The molecule has 0 aliphatic carbocycles. The summed E-state index contributed by atoms with van der Waals surface area (Å²) in [5.74, 6) is 0.237. The van der Waals surface area contributed by atoms with Gasteiger partial charge in [-0.05, 0) is 43.4 Å². The second-order valence-corrected chi connectivity index (χ2v) is 30.9. The van der Waals surface area contributed by atoms with E-state index in [1.54, 1.807) is 0 Å². The predicted octanol–water partition coefficient (Wildman–Crippen LogP) is 21.8. The van der Waals surface area contributed by atoms with Crippen LogP contribution in [0.1, 0.15) is 382 Å². The summed E-state index contributed by atoms with van der Waals surface area (Å²) in [6, 6.07) is 0. The first-order valence-corrected chi connectivity index (χ1v) is 41.9. The molecule has 0 aromatic carbocycles. The number of rotatable bonds is 73. The second-order valence-electron chi connectivity index (χ2n) is 28.0. The number of aliphatic hydroxyl groups is 1. The van der Waals surface area contributed by atoms with E-state index in [9.17, 15) is 43.2 Å². The van der Waals surface area contributed by atoms with E-state index in [1.165, 1.54) is 186 Å². The molecule has 19 heteroatoms. The van der Waals surface area contributed by atoms with Crippen molar-refractivity contribution in [2.24, 2.45) is 17.8 Å². The minimum atomic E-state index is -4.96. The van der Waals surface area contributed by atoms with Crippen molar-refractivity contribution in [3.63, 3.8) is 0 Å². The van der Waals surface area contributed by atoms with Crippen molar-refractivity contribution in [3.8, 4) is 0 Å². The third kappa shape index (κ3) is 66.0. The van der Waals surface area contributed by atoms with E-state index >= 15 is 0 Å². The fraction of sp³-hybridized carbons (Fsp3) is 0.947. The van der Waals surface area contributed by atoms with Gasteiger partial charge in [0.1, 0.15) is 19.3 Å². The molecule has 94 heavy (non-hydrogen) atoms. The third-order valence-electron chi connectivity index (χ3n) is 18.1. The van der Waals surface area contributed by atoms with Crippen molar-refractivity contribution in [3.05, 3.63) is 0 Å². The van der Waals surface area contributed by atoms with Gasteiger partial charge in [-0.1, -0.05) is 331 Å². The van der Waals surface area contributed by atoms with Crippen molar-refractivity contribution >= 4 is 39.5 Å². The van der Waals surface area contributed by atoms with Gasteiger partial charge in [0, 0.05) is 25.7 Å². The molecule has 0 saturated heterocycles. The maximum Gasteiger partial charge on any atom is 0.472 e. The largest absolute Gasteiger partial charge is 0.472 e. The minimum Gasteiger partial charge on any atom is -0.462 e. The Morgan fingerprint density at radius 2 is 0.543 bits per heavy atom. The SMILES string of the molecule is CCCCCCCCCCC(=O)OC[C@H](COP(=O)(O)OC[C@H](O)COP(=O)(O)OC[C@@H](COC(=O)CCCCCCCCCCCCCC(C)C)OC(=O)CCCCCCCCCCCCCCCCCCCCC(C)CC)OC(=O)CCCCCCCCC(C)CC. The first-order valence-electron chi connectivity index (χ1n) is 38.9. The molecule has 7 atom stereocenters. The number of carbonyl (C=O) groups excluding carboxylic acids is 4. The molecule has 0 aliphatic rings. The molecule has 0 heterocycles. The van der Waals surface area contributed by atoms with E-state index in [2.05, 4.69) is 48.5 Å². The summed E-state index contributed by atoms with van der Waals surface area (Å²) < 4.78 is 68.3. The van der Waals surface area contributed by atoms with Gasteiger partial charge < -0.3 is 33.8 Å². The molecule has 0 fully saturated rings. The number of esters is 4. The Hall–Kier alpha value is -1.94. The molecule has 0 rings (SSSR count). The summed E-state index contributed by atoms with van der Waals surface area (Å²) in [4.78, 5) is 72.6. The smallest absolute Gasteiger partial charge is 0.462 e. The van der Waals surface area contributed by atoms with Crippen LogP contribution in [0.3, 0.4) is 0 Å². The second kappa shape index (κ2) is 65.7. The highest BCUT2D eigenvalue weighted by molar-refractivity contribution is 7.47. The zero-order chi connectivity index (χ0) is 69.4. The van der Waals surface area contributed by atoms with Gasteiger partial charge in [-0.15, -0.1) is 0 Å². The van der Waals surface area contributed by atoms with Crippen molar-refractivity contribution < 1.29 is 80.2 Å². The van der Waals surface area contributed by atoms with E-state index in [1.807, 2.05) is 0 Å². The Labute approximate surface area is 575 Å². The van der Waals surface area contributed by atoms with Crippen LogP contribution >= 0.6 is 15.6 Å². The molecule has 17 nitrogen and oxygen atoms in total. The average molecular weight is 1380 g/mol. The molecule has 0 saturated carbocycles. The van der Waals surface area contributed by atoms with Crippen molar-refractivity contribution in [2.75, 3.05) is 39.6 Å². The highest BCUT2D eigenvalue weighted by Gasteiger charge is 2.30. The maximum atomic E-state index is 13.1. The van der Waals surface area contributed by atoms with Gasteiger partial charge in [0.15, 0.2) is 12.2 Å². The molecule has 0 aromatic heterocycles. The van der Waals surface area contributed by atoms with Gasteiger partial charge in [0.25, 0.3) is 0 Å². The molecule has 0 bridgehead atoms. The Bertz CT molecular complexity index is 1840. The molecule has 0 spiro atoms. The molecular weight excluding hydrogens is 1230 g/mol. The molecule has 0 radical (unpaired) electrons. The van der Waals surface area contributed by atoms with Crippen molar-refractivity contribution in [1.29, 1.82) is 0 Å². The summed E-state index contributed by atoms with van der Waals surface area (Å²) in [6.45, 7) is 11.9. The van der Waals surface area contributed by atoms with E-state index in [0.29, 0.717) is 25.7 Å². The normalized spacial score (nSPS) is 14.7. The molecule has 3 N–H and O–H groups in total. The van der Waals surface area contributed by atoms with Gasteiger partial charge in [0.2, 0.25) is 0 Å². The van der Waals surface area contributed by atoms with Crippen LogP contribution < -0.4 is 0 Å². The first kappa shape index (κ1) is 92.1. The topological polar surface area (TPSA) is 237 Å². The summed E-state index contributed by atoms with van der Waals surface area (Å²) in [6.07, 6.45) is 51.5. The number of unbranched alkanes of at least 4 members (excludes halogenated alkanes) is 39. The molecule has 4 unspecified atom stereocenters. The van der Waals surface area contributed by atoms with Crippen molar-refractivity contribution in [2.45, 2.75) is 401 Å². The van der Waals surface area contributed by atoms with E-state index in [4.69, 9.17) is 37.0 Å². The van der Waals surface area contributed by atoms with Crippen LogP contribution in [-0.2, 0) is 65.4 Å². The lowest BCUT2D eigenvalue weighted by Gasteiger charge is -2.21. The fourth-order valence-corrected chi connectivity index (χ4v) is 12.9. The van der Waals surface area contributed by atoms with Crippen LogP contribution in [0.5, 0.6) is 0 Å². The lowest BCUT2D eigenvalue weighted by atomic mass is 9.99. The average Bonchev–Trinajstić information content (AvgIpc) is 2.04. The molecule has 0 aliphatic heterocycles. The lowest BCUT2D eigenvalue weighted by molar-refractivity contribution is -0.161. The molecule has 558 valence electrons. The van der Waals surface area contributed by atoms with Gasteiger partial charge >= 0.3 is 39.5 Å². The van der Waals surface area contributed by atoms with E-state index in [-0.39, 0.29) is 25.7 Å². The Morgan fingerprint density at radius 3 is 0.809 bits per heavy atom. The number of phosphoric ester groups is 2. The van der Waals surface area contributed by atoms with Gasteiger partial charge in [-0.3, -0.25) is 37.3 Å². The van der Waals surface area contributed by atoms with Gasteiger partial charge in [0.05, 0.1) is 26.4 Å². The lowest BCUT2D eigenvalue weighted by Crippen LogP contribution is -2.30. The Balaban J connectivity index is 5.16. The van der Waals surface area contributed by atoms with Crippen LogP contribution in [0.25, 0.3) is 0 Å². The number of ether oxygens (including phenoxy) is 4. The van der Waals surface area contributed by atoms with Crippen molar-refractivity contribution in [1.82, 2.24) is 0 Å². The molecule has 0 aromatic rings. The van der Waals surface area contributed by atoms with E-state index < -0.39 is 97.5 Å². The zero-order valence-corrected chi connectivity index (χ0v) is 63.2. The van der Waals surface area contributed by atoms with E-state index in [0.717, 1.165) is 114 Å². The number of hydrogen-bond acceptors (Lipinski definition) is 15. The quantitative estimate of drug-likeness (QED) is 0.0222. The van der Waals surface area contributed by atoms with Crippen LogP contribution in [0.15, 0.2) is 0 Å². The van der Waals surface area contributed by atoms with Crippen LogP contribution in [-0.4, -0.2) is 96.7 Å². The molecule has 0 amide bonds. The maximum absolute atomic E-state index is 13.1. The zero-order valence-electron chi connectivity index (χ0n) is 61.4. The number of phosphoric acid groups is 2. The van der Waals surface area contributed by atoms with Crippen LogP contribution in [0.2, 0.25) is 0 Å². The summed E-state index contributed by atoms with van der Waals surface area (Å²) in [5.41, 5.74) is 0. The van der Waals surface area contributed by atoms with Crippen LogP contribution in [0, 0.1) is 17.8 Å². The highest BCUT2D eigenvalue weighted by atomic mass is 31.2. The fourth-order valence-electron chi connectivity index (χ4n) is 11.4. The summed E-state index contributed by atoms with van der Waals surface area (Å²) in [7, 11) is -9.90. The monoisotopic (exact) mass is 1380 g/mol.